The lowest BCUT2D eigenvalue weighted by molar-refractivity contribution is 0.203. The van der Waals surface area contributed by atoms with Crippen molar-refractivity contribution in [1.82, 2.24) is 4.98 Å². The van der Waals surface area contributed by atoms with Gasteiger partial charge >= 0.3 is 0 Å². The molecule has 0 saturated heterocycles. The average molecular weight is 211 g/mol. The summed E-state index contributed by atoms with van der Waals surface area (Å²) in [5, 5.41) is 0. The molecule has 0 unspecified atom stereocenters. The van der Waals surface area contributed by atoms with Gasteiger partial charge in [-0.2, -0.15) is 4.98 Å². The summed E-state index contributed by atoms with van der Waals surface area (Å²) >= 11 is 0. The second-order valence-electron chi connectivity index (χ2n) is 3.74. The van der Waals surface area contributed by atoms with Crippen LogP contribution in [-0.4, -0.2) is 31.3 Å². The van der Waals surface area contributed by atoms with Gasteiger partial charge < -0.3 is 19.8 Å². The topological polar surface area (TPSA) is 64.5 Å². The number of aromatic nitrogens is 1. The lowest BCUT2D eigenvalue weighted by atomic mass is 10.5. The predicted octanol–water partition coefficient (Wildman–Crippen LogP) is 0.748. The Balaban J connectivity index is 2.02. The number of oxazole rings is 1. The van der Waals surface area contributed by atoms with Crippen molar-refractivity contribution in [3.63, 3.8) is 0 Å². The van der Waals surface area contributed by atoms with Crippen molar-refractivity contribution in [2.75, 3.05) is 25.2 Å². The Morgan fingerprint density at radius 2 is 2.47 bits per heavy atom. The molecule has 84 valence electrons. The molecule has 1 aromatic rings. The molecule has 1 fully saturated rings. The second kappa shape index (κ2) is 4.63. The number of rotatable bonds is 6. The van der Waals surface area contributed by atoms with Crippen LogP contribution in [0.4, 0.5) is 6.01 Å². The fraction of sp³-hybridized carbons (Fsp3) is 0.700. The first-order chi connectivity index (χ1) is 7.35. The van der Waals surface area contributed by atoms with Crippen LogP contribution in [0.3, 0.4) is 0 Å². The van der Waals surface area contributed by atoms with Crippen molar-refractivity contribution < 1.29 is 9.15 Å². The molecular weight excluding hydrogens is 194 g/mol. The van der Waals surface area contributed by atoms with E-state index in [4.69, 9.17) is 14.9 Å². The zero-order valence-electron chi connectivity index (χ0n) is 8.98. The third-order valence-electron chi connectivity index (χ3n) is 2.52. The van der Waals surface area contributed by atoms with Crippen molar-refractivity contribution in [3.8, 4) is 0 Å². The van der Waals surface area contributed by atoms with Gasteiger partial charge in [0.1, 0.15) is 6.26 Å². The number of nitrogens with zero attached hydrogens (tertiary/aromatic N) is 2. The van der Waals surface area contributed by atoms with E-state index in [1.165, 1.54) is 12.8 Å². The Morgan fingerprint density at radius 1 is 1.67 bits per heavy atom. The molecule has 1 saturated carbocycles. The Hall–Kier alpha value is -1.07. The minimum atomic E-state index is 0.423. The molecule has 0 aromatic carbocycles. The number of methoxy groups -OCH3 is 1. The van der Waals surface area contributed by atoms with Gasteiger partial charge in [0.15, 0.2) is 0 Å². The molecule has 1 aliphatic carbocycles. The van der Waals surface area contributed by atoms with Crippen LogP contribution in [0.15, 0.2) is 10.7 Å². The van der Waals surface area contributed by atoms with Gasteiger partial charge in [-0.25, -0.2) is 0 Å². The summed E-state index contributed by atoms with van der Waals surface area (Å²) in [6.07, 6.45) is 4.05. The fourth-order valence-corrected chi connectivity index (χ4v) is 1.53. The summed E-state index contributed by atoms with van der Waals surface area (Å²) in [6, 6.07) is 1.25. The fourth-order valence-electron chi connectivity index (χ4n) is 1.53. The largest absolute Gasteiger partial charge is 0.432 e. The van der Waals surface area contributed by atoms with E-state index in [-0.39, 0.29) is 0 Å². The van der Waals surface area contributed by atoms with Crippen molar-refractivity contribution in [1.29, 1.82) is 0 Å². The molecule has 2 rings (SSSR count). The maximum Gasteiger partial charge on any atom is 0.297 e. The molecule has 0 spiro atoms. The average Bonchev–Trinajstić information content (AvgIpc) is 2.97. The van der Waals surface area contributed by atoms with Gasteiger partial charge in [-0.1, -0.05) is 0 Å². The summed E-state index contributed by atoms with van der Waals surface area (Å²) in [7, 11) is 1.70. The highest BCUT2D eigenvalue weighted by atomic mass is 16.5. The first kappa shape index (κ1) is 10.4. The van der Waals surface area contributed by atoms with E-state index in [1.54, 1.807) is 13.4 Å². The minimum Gasteiger partial charge on any atom is -0.432 e. The lowest BCUT2D eigenvalue weighted by Gasteiger charge is -2.19. The molecule has 5 heteroatoms. The molecule has 0 atom stereocenters. The normalized spacial score (nSPS) is 15.6. The van der Waals surface area contributed by atoms with E-state index in [2.05, 4.69) is 9.88 Å². The van der Waals surface area contributed by atoms with Crippen LogP contribution in [0.5, 0.6) is 0 Å². The summed E-state index contributed by atoms with van der Waals surface area (Å²) in [5.74, 6) is 0. The van der Waals surface area contributed by atoms with Crippen LogP contribution in [0.1, 0.15) is 18.5 Å². The van der Waals surface area contributed by atoms with Crippen LogP contribution in [0.25, 0.3) is 0 Å². The third kappa shape index (κ3) is 2.49. The summed E-state index contributed by atoms with van der Waals surface area (Å²) < 4.78 is 10.5. The molecule has 0 amide bonds. The Morgan fingerprint density at radius 3 is 3.00 bits per heavy atom. The number of hydrogen-bond acceptors (Lipinski definition) is 5. The highest BCUT2D eigenvalue weighted by Crippen LogP contribution is 2.30. The van der Waals surface area contributed by atoms with E-state index >= 15 is 0 Å². The van der Waals surface area contributed by atoms with Crippen molar-refractivity contribution in [2.45, 2.75) is 25.4 Å². The highest BCUT2D eigenvalue weighted by molar-refractivity contribution is 5.31. The van der Waals surface area contributed by atoms with Crippen molar-refractivity contribution >= 4 is 6.01 Å². The third-order valence-corrected chi connectivity index (χ3v) is 2.52. The first-order valence-electron chi connectivity index (χ1n) is 5.25. The molecular formula is C10H17N3O2. The maximum absolute atomic E-state index is 5.49. The molecule has 0 bridgehead atoms. The van der Waals surface area contributed by atoms with Crippen molar-refractivity contribution in [2.24, 2.45) is 5.73 Å². The van der Waals surface area contributed by atoms with Gasteiger partial charge in [-0.15, -0.1) is 0 Å². The summed E-state index contributed by atoms with van der Waals surface area (Å²) in [5.41, 5.74) is 6.29. The Bertz CT molecular complexity index is 309. The molecule has 1 heterocycles. The zero-order valence-corrected chi connectivity index (χ0v) is 8.98. The quantitative estimate of drug-likeness (QED) is 0.752. The molecule has 15 heavy (non-hydrogen) atoms. The van der Waals surface area contributed by atoms with E-state index in [0.29, 0.717) is 25.2 Å². The second-order valence-corrected chi connectivity index (χ2v) is 3.74. The van der Waals surface area contributed by atoms with Gasteiger partial charge in [0.2, 0.25) is 0 Å². The molecule has 1 aromatic heterocycles. The van der Waals surface area contributed by atoms with E-state index in [0.717, 1.165) is 12.2 Å². The lowest BCUT2D eigenvalue weighted by Crippen LogP contribution is -2.29. The molecule has 1 aliphatic rings. The van der Waals surface area contributed by atoms with Crippen LogP contribution in [0.2, 0.25) is 0 Å². The van der Waals surface area contributed by atoms with Gasteiger partial charge in [0.05, 0.1) is 12.3 Å². The van der Waals surface area contributed by atoms with Gasteiger partial charge in [0, 0.05) is 26.2 Å². The van der Waals surface area contributed by atoms with Crippen LogP contribution < -0.4 is 10.6 Å². The predicted molar refractivity (Wildman–Crippen MR) is 56.6 cm³/mol. The monoisotopic (exact) mass is 211 g/mol. The Kier molecular flexibility index (Phi) is 3.23. The van der Waals surface area contributed by atoms with E-state index in [9.17, 15) is 0 Å². The molecule has 5 nitrogen and oxygen atoms in total. The number of ether oxygens (including phenoxy) is 1. The summed E-state index contributed by atoms with van der Waals surface area (Å²) in [4.78, 5) is 6.48. The highest BCUT2D eigenvalue weighted by Gasteiger charge is 2.31. The first-order valence-corrected chi connectivity index (χ1v) is 5.25. The smallest absolute Gasteiger partial charge is 0.297 e. The Labute approximate surface area is 89.2 Å². The van der Waals surface area contributed by atoms with Gasteiger partial charge in [-0.3, -0.25) is 0 Å². The molecule has 2 N–H and O–H groups in total. The van der Waals surface area contributed by atoms with Gasteiger partial charge in [0.25, 0.3) is 6.01 Å². The van der Waals surface area contributed by atoms with Crippen LogP contribution in [0, 0.1) is 0 Å². The van der Waals surface area contributed by atoms with Crippen LogP contribution in [-0.2, 0) is 11.3 Å². The number of anilines is 1. The SMILES string of the molecule is COCCN(c1nc(CN)co1)C1CC1. The molecule has 0 aliphatic heterocycles. The standard InChI is InChI=1S/C10H17N3O2/c1-14-5-4-13(9-2-3-9)10-12-8(6-11)7-15-10/h7,9H,2-6,11H2,1H3. The minimum absolute atomic E-state index is 0.423. The van der Waals surface area contributed by atoms with E-state index < -0.39 is 0 Å². The maximum atomic E-state index is 5.49. The van der Waals surface area contributed by atoms with Crippen molar-refractivity contribution in [3.05, 3.63) is 12.0 Å². The zero-order chi connectivity index (χ0) is 10.7. The van der Waals surface area contributed by atoms with Gasteiger partial charge in [-0.05, 0) is 12.8 Å². The number of nitrogens with two attached hydrogens (primary N) is 1. The summed E-state index contributed by atoms with van der Waals surface area (Å²) in [6.45, 7) is 1.94. The van der Waals surface area contributed by atoms with Crippen LogP contribution >= 0.6 is 0 Å². The van der Waals surface area contributed by atoms with E-state index in [1.807, 2.05) is 0 Å². The number of hydrogen-bond donors (Lipinski definition) is 1. The molecule has 0 radical (unpaired) electrons.